The van der Waals surface area contributed by atoms with E-state index in [-0.39, 0.29) is 0 Å². The van der Waals surface area contributed by atoms with Gasteiger partial charge < -0.3 is 4.74 Å². The minimum Gasteiger partial charge on any atom is -0.378 e. The molecular formula is C10H22O. The second-order valence-electron chi connectivity index (χ2n) is 3.92. The van der Waals surface area contributed by atoms with Crippen molar-refractivity contribution in [2.45, 2.75) is 47.1 Å². The summed E-state index contributed by atoms with van der Waals surface area (Å²) >= 11 is 0. The molecule has 0 bridgehead atoms. The summed E-state index contributed by atoms with van der Waals surface area (Å²) in [6.07, 6.45) is 1.59. The fraction of sp³-hybridized carbons (Fsp3) is 1.00. The van der Waals surface area contributed by atoms with Crippen molar-refractivity contribution in [3.05, 3.63) is 0 Å². The minimum absolute atomic E-state index is 0.456. The van der Waals surface area contributed by atoms with Crippen molar-refractivity contribution in [3.8, 4) is 0 Å². The quantitative estimate of drug-likeness (QED) is 0.597. The van der Waals surface area contributed by atoms with Crippen LogP contribution < -0.4 is 0 Å². The second kappa shape index (κ2) is 5.59. The highest BCUT2D eigenvalue weighted by Crippen LogP contribution is 2.11. The molecular weight excluding hydrogens is 136 g/mol. The van der Waals surface area contributed by atoms with E-state index in [4.69, 9.17) is 4.74 Å². The molecule has 1 unspecified atom stereocenters. The van der Waals surface area contributed by atoms with Crippen molar-refractivity contribution in [1.29, 1.82) is 0 Å². The molecule has 0 fully saturated rings. The molecule has 1 atom stereocenters. The highest BCUT2D eigenvalue weighted by atomic mass is 16.5. The first-order chi connectivity index (χ1) is 5.07. The molecule has 0 heterocycles. The first-order valence-electron chi connectivity index (χ1n) is 4.69. The van der Waals surface area contributed by atoms with Gasteiger partial charge in [0.25, 0.3) is 0 Å². The van der Waals surface area contributed by atoms with Gasteiger partial charge in [-0.25, -0.2) is 0 Å². The first-order valence-corrected chi connectivity index (χ1v) is 4.69. The number of ether oxygens (including phenoxy) is 1. The lowest BCUT2D eigenvalue weighted by molar-refractivity contribution is 0.00567. The van der Waals surface area contributed by atoms with Crippen LogP contribution >= 0.6 is 0 Å². The Morgan fingerprint density at radius 2 is 1.64 bits per heavy atom. The molecule has 68 valence electrons. The molecule has 0 aromatic carbocycles. The summed E-state index contributed by atoms with van der Waals surface area (Å²) in [5, 5.41) is 0. The predicted molar refractivity (Wildman–Crippen MR) is 49.7 cm³/mol. The molecule has 1 nitrogen and oxygen atoms in total. The zero-order chi connectivity index (χ0) is 8.85. The fourth-order valence-corrected chi connectivity index (χ4v) is 1.10. The third-order valence-electron chi connectivity index (χ3n) is 1.79. The van der Waals surface area contributed by atoms with Crippen LogP contribution in [0, 0.1) is 11.8 Å². The molecule has 0 rings (SSSR count). The Balaban J connectivity index is 3.52. The van der Waals surface area contributed by atoms with Gasteiger partial charge in [0.15, 0.2) is 0 Å². The highest BCUT2D eigenvalue weighted by Gasteiger charge is 2.11. The van der Waals surface area contributed by atoms with Crippen LogP contribution in [0.3, 0.4) is 0 Å². The summed E-state index contributed by atoms with van der Waals surface area (Å²) in [5.41, 5.74) is 0. The van der Waals surface area contributed by atoms with Gasteiger partial charge in [-0.1, -0.05) is 34.6 Å². The van der Waals surface area contributed by atoms with E-state index in [9.17, 15) is 0 Å². The summed E-state index contributed by atoms with van der Waals surface area (Å²) < 4.78 is 5.71. The Kier molecular flexibility index (Phi) is 5.57. The van der Waals surface area contributed by atoms with E-state index >= 15 is 0 Å². The molecule has 0 aromatic heterocycles. The predicted octanol–water partition coefficient (Wildman–Crippen LogP) is 3.09. The molecule has 1 heteroatoms. The van der Waals surface area contributed by atoms with Crippen LogP contribution in [0.2, 0.25) is 0 Å². The van der Waals surface area contributed by atoms with Gasteiger partial charge in [-0.15, -0.1) is 0 Å². The molecule has 0 aromatic rings. The van der Waals surface area contributed by atoms with Crippen molar-refractivity contribution < 1.29 is 4.74 Å². The van der Waals surface area contributed by atoms with E-state index in [1.54, 1.807) is 0 Å². The first kappa shape index (κ1) is 11.0. The van der Waals surface area contributed by atoms with Gasteiger partial charge in [0.1, 0.15) is 0 Å². The van der Waals surface area contributed by atoms with Crippen LogP contribution in [-0.4, -0.2) is 12.7 Å². The maximum atomic E-state index is 5.71. The SMILES string of the molecule is CCC(OCC(C)C)C(C)C. The molecule has 0 amide bonds. The fourth-order valence-electron chi connectivity index (χ4n) is 1.10. The Labute approximate surface area is 71.1 Å². The summed E-state index contributed by atoms with van der Waals surface area (Å²) in [7, 11) is 0. The van der Waals surface area contributed by atoms with Gasteiger partial charge in [-0.05, 0) is 18.3 Å². The standard InChI is InChI=1S/C10H22O/c1-6-10(9(4)5)11-7-8(2)3/h8-10H,6-7H2,1-5H3. The lowest BCUT2D eigenvalue weighted by atomic mass is 10.1. The second-order valence-corrected chi connectivity index (χ2v) is 3.92. The molecule has 0 saturated carbocycles. The molecule has 0 N–H and O–H groups in total. The van der Waals surface area contributed by atoms with Crippen molar-refractivity contribution in [2.24, 2.45) is 11.8 Å². The van der Waals surface area contributed by atoms with E-state index < -0.39 is 0 Å². The van der Waals surface area contributed by atoms with E-state index in [0.29, 0.717) is 17.9 Å². The van der Waals surface area contributed by atoms with E-state index in [0.717, 1.165) is 13.0 Å². The molecule has 0 aliphatic heterocycles. The molecule has 0 spiro atoms. The van der Waals surface area contributed by atoms with Gasteiger partial charge in [0.05, 0.1) is 6.10 Å². The van der Waals surface area contributed by atoms with Crippen molar-refractivity contribution in [3.63, 3.8) is 0 Å². The summed E-state index contributed by atoms with van der Waals surface area (Å²) in [6.45, 7) is 11.9. The van der Waals surface area contributed by atoms with Crippen molar-refractivity contribution >= 4 is 0 Å². The third-order valence-corrected chi connectivity index (χ3v) is 1.79. The van der Waals surface area contributed by atoms with Crippen molar-refractivity contribution in [1.82, 2.24) is 0 Å². The molecule has 0 radical (unpaired) electrons. The van der Waals surface area contributed by atoms with Crippen LogP contribution in [-0.2, 0) is 4.74 Å². The Morgan fingerprint density at radius 3 is 1.91 bits per heavy atom. The van der Waals surface area contributed by atoms with Crippen LogP contribution in [0.25, 0.3) is 0 Å². The van der Waals surface area contributed by atoms with Gasteiger partial charge >= 0.3 is 0 Å². The third kappa shape index (κ3) is 5.25. The van der Waals surface area contributed by atoms with Crippen LogP contribution in [0.1, 0.15) is 41.0 Å². The van der Waals surface area contributed by atoms with Crippen molar-refractivity contribution in [2.75, 3.05) is 6.61 Å². The van der Waals surface area contributed by atoms with Crippen LogP contribution in [0.5, 0.6) is 0 Å². The van der Waals surface area contributed by atoms with Gasteiger partial charge in [-0.3, -0.25) is 0 Å². The molecule has 0 saturated heterocycles. The van der Waals surface area contributed by atoms with Gasteiger partial charge in [0.2, 0.25) is 0 Å². The van der Waals surface area contributed by atoms with Crippen LogP contribution in [0.15, 0.2) is 0 Å². The lowest BCUT2D eigenvalue weighted by Crippen LogP contribution is -2.20. The van der Waals surface area contributed by atoms with E-state index in [2.05, 4.69) is 34.6 Å². The average Bonchev–Trinajstić information content (AvgIpc) is 1.87. The number of rotatable bonds is 5. The van der Waals surface area contributed by atoms with Gasteiger partial charge in [-0.2, -0.15) is 0 Å². The van der Waals surface area contributed by atoms with E-state index in [1.807, 2.05) is 0 Å². The molecule has 0 aliphatic carbocycles. The smallest absolute Gasteiger partial charge is 0.0595 e. The Morgan fingerprint density at radius 1 is 1.09 bits per heavy atom. The number of hydrogen-bond acceptors (Lipinski definition) is 1. The Hall–Kier alpha value is -0.0400. The lowest BCUT2D eigenvalue weighted by Gasteiger charge is -2.20. The van der Waals surface area contributed by atoms with E-state index in [1.165, 1.54) is 0 Å². The highest BCUT2D eigenvalue weighted by molar-refractivity contribution is 4.59. The van der Waals surface area contributed by atoms with Gasteiger partial charge in [0, 0.05) is 6.61 Å². The minimum atomic E-state index is 0.456. The normalized spacial score (nSPS) is 14.5. The summed E-state index contributed by atoms with van der Waals surface area (Å²) in [5.74, 6) is 1.31. The molecule has 11 heavy (non-hydrogen) atoms. The summed E-state index contributed by atoms with van der Waals surface area (Å²) in [6, 6.07) is 0. The monoisotopic (exact) mass is 158 g/mol. The molecule has 0 aliphatic rings. The average molecular weight is 158 g/mol. The summed E-state index contributed by atoms with van der Waals surface area (Å²) in [4.78, 5) is 0. The zero-order valence-electron chi connectivity index (χ0n) is 8.55. The maximum Gasteiger partial charge on any atom is 0.0595 e. The maximum absolute atomic E-state index is 5.71. The largest absolute Gasteiger partial charge is 0.378 e. The van der Waals surface area contributed by atoms with Crippen LogP contribution in [0.4, 0.5) is 0 Å². The zero-order valence-corrected chi connectivity index (χ0v) is 8.55. The Bertz CT molecular complexity index is 86.9. The topological polar surface area (TPSA) is 9.23 Å². The number of hydrogen-bond donors (Lipinski definition) is 0.